The zero-order valence-electron chi connectivity index (χ0n) is 10.1. The quantitative estimate of drug-likeness (QED) is 0.868. The van der Waals surface area contributed by atoms with Crippen molar-refractivity contribution in [3.8, 4) is 0 Å². The molecule has 0 bridgehead atoms. The van der Waals surface area contributed by atoms with Crippen LogP contribution in [0.3, 0.4) is 0 Å². The Morgan fingerprint density at radius 3 is 2.83 bits per heavy atom. The molecule has 1 aromatic carbocycles. The van der Waals surface area contributed by atoms with Gasteiger partial charge in [0.15, 0.2) is 0 Å². The summed E-state index contributed by atoms with van der Waals surface area (Å²) in [6, 6.07) is 9.02. The maximum absolute atomic E-state index is 13.3. The molecule has 0 fully saturated rings. The first-order valence-electron chi connectivity index (χ1n) is 5.82. The van der Waals surface area contributed by atoms with E-state index >= 15 is 0 Å². The molecule has 18 heavy (non-hydrogen) atoms. The van der Waals surface area contributed by atoms with Gasteiger partial charge in [0.2, 0.25) is 0 Å². The van der Waals surface area contributed by atoms with Crippen molar-refractivity contribution in [3.63, 3.8) is 0 Å². The summed E-state index contributed by atoms with van der Waals surface area (Å²) in [7, 11) is 1.93. The topological polar surface area (TPSA) is 12.0 Å². The lowest BCUT2D eigenvalue weighted by Crippen LogP contribution is -2.19. The summed E-state index contributed by atoms with van der Waals surface area (Å²) in [5.74, 6) is 0.136. The van der Waals surface area contributed by atoms with Crippen molar-refractivity contribution in [2.24, 2.45) is 0 Å². The van der Waals surface area contributed by atoms with Crippen LogP contribution >= 0.6 is 27.3 Å². The van der Waals surface area contributed by atoms with Crippen LogP contribution in [0.15, 0.2) is 40.2 Å². The molecule has 1 nitrogen and oxygen atoms in total. The van der Waals surface area contributed by atoms with Gasteiger partial charge in [-0.2, -0.15) is 0 Å². The Morgan fingerprint density at radius 2 is 2.22 bits per heavy atom. The van der Waals surface area contributed by atoms with E-state index in [9.17, 15) is 4.39 Å². The number of rotatable bonds is 5. The normalized spacial score (nSPS) is 12.6. The van der Waals surface area contributed by atoms with E-state index in [1.807, 2.05) is 13.1 Å². The average molecular weight is 328 g/mol. The molecule has 0 saturated heterocycles. The molecule has 0 spiro atoms. The van der Waals surface area contributed by atoms with E-state index in [2.05, 4.69) is 32.7 Å². The molecule has 1 atom stereocenters. The molecule has 0 aliphatic heterocycles. The fourth-order valence-corrected chi connectivity index (χ4v) is 3.55. The molecule has 0 aliphatic carbocycles. The van der Waals surface area contributed by atoms with E-state index in [-0.39, 0.29) is 5.82 Å². The van der Waals surface area contributed by atoms with Gasteiger partial charge in [0.1, 0.15) is 5.82 Å². The summed E-state index contributed by atoms with van der Waals surface area (Å²) in [6.45, 7) is 0.846. The maximum atomic E-state index is 13.3. The molecule has 1 unspecified atom stereocenters. The lowest BCUT2D eigenvalue weighted by molar-refractivity contribution is 0.602. The van der Waals surface area contributed by atoms with Crippen LogP contribution in [0.2, 0.25) is 0 Å². The number of nitrogens with one attached hydrogen (secondary N) is 1. The van der Waals surface area contributed by atoms with Crippen LogP contribution in [0.1, 0.15) is 16.4 Å². The maximum Gasteiger partial charge on any atom is 0.123 e. The third-order valence-electron chi connectivity index (χ3n) is 2.84. The van der Waals surface area contributed by atoms with Crippen molar-refractivity contribution in [2.45, 2.75) is 12.3 Å². The molecule has 0 radical (unpaired) electrons. The van der Waals surface area contributed by atoms with Crippen molar-refractivity contribution in [3.05, 3.63) is 56.4 Å². The molecule has 96 valence electrons. The molecule has 0 aliphatic rings. The highest BCUT2D eigenvalue weighted by molar-refractivity contribution is 9.10. The van der Waals surface area contributed by atoms with E-state index in [4.69, 9.17) is 0 Å². The van der Waals surface area contributed by atoms with Crippen molar-refractivity contribution in [2.75, 3.05) is 13.6 Å². The lowest BCUT2D eigenvalue weighted by Gasteiger charge is -2.16. The summed E-state index contributed by atoms with van der Waals surface area (Å²) in [5, 5.41) is 5.26. The number of hydrogen-bond acceptors (Lipinski definition) is 2. The van der Waals surface area contributed by atoms with Crippen LogP contribution in [0, 0.1) is 5.82 Å². The smallest absolute Gasteiger partial charge is 0.123 e. The molecular formula is C14H15BrFNS. The molecule has 0 saturated carbocycles. The van der Waals surface area contributed by atoms with Gasteiger partial charge in [-0.25, -0.2) is 4.39 Å². The van der Waals surface area contributed by atoms with Gasteiger partial charge in [0.05, 0.1) is 0 Å². The van der Waals surface area contributed by atoms with Crippen molar-refractivity contribution in [1.82, 2.24) is 5.32 Å². The molecule has 2 rings (SSSR count). The van der Waals surface area contributed by atoms with E-state index in [0.29, 0.717) is 5.92 Å². The number of hydrogen-bond donors (Lipinski definition) is 1. The van der Waals surface area contributed by atoms with Gasteiger partial charge in [0.25, 0.3) is 0 Å². The van der Waals surface area contributed by atoms with Crippen LogP contribution in [-0.4, -0.2) is 13.6 Å². The third kappa shape index (κ3) is 3.64. The molecule has 1 aromatic heterocycles. The van der Waals surface area contributed by atoms with Gasteiger partial charge in [-0.3, -0.25) is 0 Å². The van der Waals surface area contributed by atoms with Gasteiger partial charge in [-0.05, 0) is 53.2 Å². The summed E-state index contributed by atoms with van der Waals surface area (Å²) >= 11 is 5.20. The lowest BCUT2D eigenvalue weighted by atomic mass is 9.95. The van der Waals surface area contributed by atoms with Gasteiger partial charge in [0, 0.05) is 27.2 Å². The standard InChI is InChI=1S/C14H15BrFNS/c1-17-8-11(6-14-7-12(15)9-18-14)10-3-2-4-13(16)5-10/h2-5,7,9,11,17H,6,8H2,1H3. The largest absolute Gasteiger partial charge is 0.319 e. The molecule has 4 heteroatoms. The zero-order valence-corrected chi connectivity index (χ0v) is 12.5. The van der Waals surface area contributed by atoms with Gasteiger partial charge in [-0.15, -0.1) is 11.3 Å². The first-order chi connectivity index (χ1) is 8.69. The number of benzene rings is 1. The van der Waals surface area contributed by atoms with Gasteiger partial charge in [-0.1, -0.05) is 12.1 Å². The molecule has 2 aromatic rings. The SMILES string of the molecule is CNCC(Cc1cc(Br)cs1)c1cccc(F)c1. The summed E-state index contributed by atoms with van der Waals surface area (Å²) in [4.78, 5) is 1.31. The Morgan fingerprint density at radius 1 is 1.39 bits per heavy atom. The van der Waals surface area contributed by atoms with E-state index < -0.39 is 0 Å². The van der Waals surface area contributed by atoms with Crippen LogP contribution in [-0.2, 0) is 6.42 Å². The molecule has 0 amide bonds. The van der Waals surface area contributed by atoms with Crippen molar-refractivity contribution < 1.29 is 4.39 Å². The number of likely N-dealkylation sites (N-methyl/N-ethyl adjacent to an activating group) is 1. The van der Waals surface area contributed by atoms with Crippen molar-refractivity contribution in [1.29, 1.82) is 0 Å². The highest BCUT2D eigenvalue weighted by Gasteiger charge is 2.13. The Hall–Kier alpha value is -0.710. The average Bonchev–Trinajstić information content (AvgIpc) is 2.74. The Labute approximate surface area is 119 Å². The van der Waals surface area contributed by atoms with Gasteiger partial charge >= 0.3 is 0 Å². The highest BCUT2D eigenvalue weighted by atomic mass is 79.9. The van der Waals surface area contributed by atoms with Crippen molar-refractivity contribution >= 4 is 27.3 Å². The molecule has 1 heterocycles. The third-order valence-corrected chi connectivity index (χ3v) is 4.56. The summed E-state index contributed by atoms with van der Waals surface area (Å²) < 4.78 is 14.4. The van der Waals surface area contributed by atoms with Crippen LogP contribution in [0.25, 0.3) is 0 Å². The second kappa shape index (κ2) is 6.45. The minimum absolute atomic E-state index is 0.166. The highest BCUT2D eigenvalue weighted by Crippen LogP contribution is 2.27. The van der Waals surface area contributed by atoms with Crippen LogP contribution in [0.5, 0.6) is 0 Å². The molecular weight excluding hydrogens is 313 g/mol. The number of thiophene rings is 1. The van der Waals surface area contributed by atoms with E-state index in [1.54, 1.807) is 23.5 Å². The Bertz CT molecular complexity index is 512. The van der Waals surface area contributed by atoms with Crippen LogP contribution < -0.4 is 5.32 Å². The Kier molecular flexibility index (Phi) is 4.92. The van der Waals surface area contributed by atoms with Crippen LogP contribution in [0.4, 0.5) is 4.39 Å². The molecule has 1 N–H and O–H groups in total. The monoisotopic (exact) mass is 327 g/mol. The van der Waals surface area contributed by atoms with E-state index in [0.717, 1.165) is 23.0 Å². The minimum Gasteiger partial charge on any atom is -0.319 e. The second-order valence-corrected chi connectivity index (χ2v) is 6.16. The predicted molar refractivity (Wildman–Crippen MR) is 78.8 cm³/mol. The first kappa shape index (κ1) is 13.7. The zero-order chi connectivity index (χ0) is 13.0. The van der Waals surface area contributed by atoms with Gasteiger partial charge < -0.3 is 5.32 Å². The summed E-state index contributed by atoms with van der Waals surface area (Å²) in [6.07, 6.45) is 0.931. The Balaban J connectivity index is 2.17. The van der Waals surface area contributed by atoms with E-state index in [1.165, 1.54) is 10.9 Å². The fourth-order valence-electron chi connectivity index (χ4n) is 2.02. The minimum atomic E-state index is -0.166. The fraction of sp³-hybridized carbons (Fsp3) is 0.286. The second-order valence-electron chi connectivity index (χ2n) is 4.24. The number of halogens is 2. The first-order valence-corrected chi connectivity index (χ1v) is 7.49. The predicted octanol–water partition coefficient (Wildman–Crippen LogP) is 4.20. The summed E-state index contributed by atoms with van der Waals surface area (Å²) in [5.41, 5.74) is 1.05.